The van der Waals surface area contributed by atoms with Gasteiger partial charge in [-0.15, -0.1) is 0 Å². The average Bonchev–Trinajstić information content (AvgIpc) is 2.63. The largest absolute Gasteiger partial charge is 0.376 e. The standard InChI is InChI=1S/C16H24ClN3O/c1-20(2)15-9-8-11(10-13(15)17)19-16(21)12-6-4-3-5-7-14(12)18/h8-10,12,14H,3-7,18H2,1-2H3,(H,19,21). The van der Waals surface area contributed by atoms with E-state index in [0.717, 1.165) is 37.1 Å². The van der Waals surface area contributed by atoms with Crippen LogP contribution < -0.4 is 16.0 Å². The molecule has 116 valence electrons. The van der Waals surface area contributed by atoms with Gasteiger partial charge in [-0.3, -0.25) is 4.79 Å². The molecule has 0 aromatic heterocycles. The van der Waals surface area contributed by atoms with Gasteiger partial charge in [-0.05, 0) is 31.0 Å². The van der Waals surface area contributed by atoms with E-state index in [9.17, 15) is 4.79 Å². The summed E-state index contributed by atoms with van der Waals surface area (Å²) in [5, 5.41) is 3.58. The van der Waals surface area contributed by atoms with Crippen molar-refractivity contribution in [3.8, 4) is 0 Å². The number of hydrogen-bond acceptors (Lipinski definition) is 3. The lowest BCUT2D eigenvalue weighted by Gasteiger charge is -2.21. The number of hydrogen-bond donors (Lipinski definition) is 2. The van der Waals surface area contributed by atoms with Gasteiger partial charge in [-0.1, -0.05) is 30.9 Å². The summed E-state index contributed by atoms with van der Waals surface area (Å²) in [6, 6.07) is 5.53. The molecule has 1 saturated carbocycles. The van der Waals surface area contributed by atoms with E-state index in [-0.39, 0.29) is 17.9 Å². The van der Waals surface area contributed by atoms with Crippen molar-refractivity contribution >= 4 is 28.9 Å². The average molecular weight is 310 g/mol. The Labute approximate surface area is 131 Å². The molecule has 2 rings (SSSR count). The van der Waals surface area contributed by atoms with E-state index < -0.39 is 0 Å². The van der Waals surface area contributed by atoms with Gasteiger partial charge in [0, 0.05) is 25.8 Å². The topological polar surface area (TPSA) is 58.4 Å². The van der Waals surface area contributed by atoms with Crippen LogP contribution in [0.2, 0.25) is 5.02 Å². The van der Waals surface area contributed by atoms with Crippen molar-refractivity contribution in [2.75, 3.05) is 24.3 Å². The summed E-state index contributed by atoms with van der Waals surface area (Å²) >= 11 is 6.23. The number of amides is 1. The molecule has 1 aliphatic rings. The molecule has 0 heterocycles. The molecule has 1 fully saturated rings. The lowest BCUT2D eigenvalue weighted by molar-refractivity contribution is -0.120. The van der Waals surface area contributed by atoms with Crippen molar-refractivity contribution in [2.45, 2.75) is 38.1 Å². The van der Waals surface area contributed by atoms with Gasteiger partial charge in [0.1, 0.15) is 0 Å². The van der Waals surface area contributed by atoms with Gasteiger partial charge >= 0.3 is 0 Å². The highest BCUT2D eigenvalue weighted by atomic mass is 35.5. The Morgan fingerprint density at radius 2 is 2.00 bits per heavy atom. The molecule has 0 bridgehead atoms. The number of carbonyl (C=O) groups is 1. The van der Waals surface area contributed by atoms with Crippen molar-refractivity contribution in [2.24, 2.45) is 11.7 Å². The Morgan fingerprint density at radius 3 is 2.67 bits per heavy atom. The zero-order chi connectivity index (χ0) is 15.4. The number of nitrogens with one attached hydrogen (secondary N) is 1. The van der Waals surface area contributed by atoms with Gasteiger partial charge < -0.3 is 16.0 Å². The van der Waals surface area contributed by atoms with E-state index in [4.69, 9.17) is 17.3 Å². The molecule has 2 atom stereocenters. The minimum atomic E-state index is -0.0974. The first-order valence-corrected chi connectivity index (χ1v) is 7.90. The summed E-state index contributed by atoms with van der Waals surface area (Å²) in [7, 11) is 3.87. The predicted octanol–water partition coefficient (Wildman–Crippen LogP) is 3.25. The maximum Gasteiger partial charge on any atom is 0.229 e. The number of rotatable bonds is 3. The lowest BCUT2D eigenvalue weighted by Crippen LogP contribution is -2.37. The molecule has 4 nitrogen and oxygen atoms in total. The third kappa shape index (κ3) is 4.11. The third-order valence-electron chi connectivity index (χ3n) is 4.10. The van der Waals surface area contributed by atoms with E-state index in [1.165, 1.54) is 6.42 Å². The van der Waals surface area contributed by atoms with Crippen LogP contribution >= 0.6 is 11.6 Å². The lowest BCUT2D eigenvalue weighted by atomic mass is 9.94. The molecule has 1 aliphatic carbocycles. The van der Waals surface area contributed by atoms with Crippen molar-refractivity contribution in [3.63, 3.8) is 0 Å². The number of nitrogens with two attached hydrogens (primary N) is 1. The molecule has 0 radical (unpaired) electrons. The molecule has 0 spiro atoms. The maximum absolute atomic E-state index is 12.4. The van der Waals surface area contributed by atoms with Crippen molar-refractivity contribution in [3.05, 3.63) is 23.2 Å². The smallest absolute Gasteiger partial charge is 0.229 e. The van der Waals surface area contributed by atoms with Crippen LogP contribution in [0.4, 0.5) is 11.4 Å². The summed E-state index contributed by atoms with van der Waals surface area (Å²) < 4.78 is 0. The van der Waals surface area contributed by atoms with Crippen LogP contribution in [0.25, 0.3) is 0 Å². The molecule has 1 aromatic carbocycles. The molecular weight excluding hydrogens is 286 g/mol. The van der Waals surface area contributed by atoms with Crippen LogP contribution in [0.15, 0.2) is 18.2 Å². The summed E-state index contributed by atoms with van der Waals surface area (Å²) in [5.41, 5.74) is 7.79. The van der Waals surface area contributed by atoms with E-state index in [0.29, 0.717) is 5.02 Å². The first kappa shape index (κ1) is 16.1. The normalized spacial score (nSPS) is 22.5. The maximum atomic E-state index is 12.4. The molecule has 2 unspecified atom stereocenters. The van der Waals surface area contributed by atoms with Gasteiger partial charge in [-0.25, -0.2) is 0 Å². The Morgan fingerprint density at radius 1 is 1.29 bits per heavy atom. The summed E-state index contributed by atoms with van der Waals surface area (Å²) in [5.74, 6) is -0.0853. The summed E-state index contributed by atoms with van der Waals surface area (Å²) in [6.45, 7) is 0. The number of carbonyl (C=O) groups excluding carboxylic acids is 1. The molecule has 21 heavy (non-hydrogen) atoms. The second kappa shape index (κ2) is 7.14. The van der Waals surface area contributed by atoms with Crippen molar-refractivity contribution in [1.82, 2.24) is 0 Å². The predicted molar refractivity (Wildman–Crippen MR) is 89.0 cm³/mol. The van der Waals surface area contributed by atoms with Crippen LogP contribution in [0, 0.1) is 5.92 Å². The van der Waals surface area contributed by atoms with Gasteiger partial charge in [0.2, 0.25) is 5.91 Å². The van der Waals surface area contributed by atoms with E-state index in [1.54, 1.807) is 6.07 Å². The zero-order valence-electron chi connectivity index (χ0n) is 12.7. The first-order chi connectivity index (χ1) is 9.99. The van der Waals surface area contributed by atoms with Crippen LogP contribution in [0.5, 0.6) is 0 Å². The number of anilines is 2. The van der Waals surface area contributed by atoms with Gasteiger partial charge in [0.25, 0.3) is 0 Å². The van der Waals surface area contributed by atoms with Crippen LogP contribution in [-0.2, 0) is 4.79 Å². The van der Waals surface area contributed by atoms with Crippen LogP contribution in [0.1, 0.15) is 32.1 Å². The molecule has 0 saturated heterocycles. The Hall–Kier alpha value is -1.26. The third-order valence-corrected chi connectivity index (χ3v) is 4.41. The molecule has 5 heteroatoms. The summed E-state index contributed by atoms with van der Waals surface area (Å²) in [6.07, 6.45) is 5.16. The van der Waals surface area contributed by atoms with Gasteiger partial charge in [0.05, 0.1) is 16.6 Å². The molecule has 0 aliphatic heterocycles. The van der Waals surface area contributed by atoms with Crippen LogP contribution in [0.3, 0.4) is 0 Å². The fourth-order valence-corrected chi connectivity index (χ4v) is 3.19. The Kier molecular flexibility index (Phi) is 5.48. The SMILES string of the molecule is CN(C)c1ccc(NC(=O)C2CCCCCC2N)cc1Cl. The van der Waals surface area contributed by atoms with E-state index >= 15 is 0 Å². The number of nitrogens with zero attached hydrogens (tertiary/aromatic N) is 1. The monoisotopic (exact) mass is 309 g/mol. The first-order valence-electron chi connectivity index (χ1n) is 7.52. The van der Waals surface area contributed by atoms with Gasteiger partial charge in [-0.2, -0.15) is 0 Å². The quantitative estimate of drug-likeness (QED) is 0.843. The second-order valence-electron chi connectivity index (χ2n) is 5.96. The van der Waals surface area contributed by atoms with Crippen molar-refractivity contribution < 1.29 is 4.79 Å². The van der Waals surface area contributed by atoms with E-state index in [1.807, 2.05) is 31.1 Å². The van der Waals surface area contributed by atoms with E-state index in [2.05, 4.69) is 5.32 Å². The zero-order valence-corrected chi connectivity index (χ0v) is 13.5. The summed E-state index contributed by atoms with van der Waals surface area (Å²) in [4.78, 5) is 14.4. The Balaban J connectivity index is 2.06. The molecular formula is C16H24ClN3O. The number of halogens is 1. The van der Waals surface area contributed by atoms with Crippen LogP contribution in [-0.4, -0.2) is 26.0 Å². The second-order valence-corrected chi connectivity index (χ2v) is 6.37. The molecule has 1 amide bonds. The minimum Gasteiger partial charge on any atom is -0.376 e. The highest BCUT2D eigenvalue weighted by Crippen LogP contribution is 2.28. The van der Waals surface area contributed by atoms with Gasteiger partial charge in [0.15, 0.2) is 0 Å². The fraction of sp³-hybridized carbons (Fsp3) is 0.562. The number of benzene rings is 1. The highest BCUT2D eigenvalue weighted by molar-refractivity contribution is 6.33. The minimum absolute atomic E-state index is 0.0121. The molecule has 1 aromatic rings. The fourth-order valence-electron chi connectivity index (χ4n) is 2.84. The van der Waals surface area contributed by atoms with Crippen molar-refractivity contribution in [1.29, 1.82) is 0 Å². The Bertz CT molecular complexity index is 504. The highest BCUT2D eigenvalue weighted by Gasteiger charge is 2.27. The molecule has 3 N–H and O–H groups in total.